The number of azo groups is 1. The van der Waals surface area contributed by atoms with Gasteiger partial charge in [-0.25, -0.2) is 0 Å². The number of ether oxygens (including phenoxy) is 1. The van der Waals surface area contributed by atoms with Crippen LogP contribution in [0, 0.1) is 7.14 Å². The number of carbonyl (C=O) groups excluding carboxylic acids is 1. The van der Waals surface area contributed by atoms with Gasteiger partial charge < -0.3 is 14.8 Å². The van der Waals surface area contributed by atoms with Gasteiger partial charge >= 0.3 is 5.91 Å². The highest BCUT2D eigenvalue weighted by Crippen LogP contribution is 2.35. The third-order valence-corrected chi connectivity index (χ3v) is 5.28. The Hall–Kier alpha value is -1.21. The van der Waals surface area contributed by atoms with Crippen LogP contribution < -0.4 is 4.74 Å². The third-order valence-electron chi connectivity index (χ3n) is 3.22. The van der Waals surface area contributed by atoms with Crippen molar-refractivity contribution in [1.29, 1.82) is 0 Å². The van der Waals surface area contributed by atoms with Crippen molar-refractivity contribution >= 4 is 83.6 Å². The SMILES string of the molecule is O=C(COc1c(I)cc(Br)cc1I)N=Nc1c(O)[nH]c2ccccc12. The quantitative estimate of drug-likeness (QED) is 0.295. The van der Waals surface area contributed by atoms with Crippen LogP contribution >= 0.6 is 61.1 Å². The van der Waals surface area contributed by atoms with Crippen molar-refractivity contribution in [3.63, 3.8) is 0 Å². The molecule has 25 heavy (non-hydrogen) atoms. The zero-order valence-electron chi connectivity index (χ0n) is 12.5. The topological polar surface area (TPSA) is 87.0 Å². The molecule has 0 atom stereocenters. The number of nitrogens with zero attached hydrogens (tertiary/aromatic N) is 2. The summed E-state index contributed by atoms with van der Waals surface area (Å²) < 4.78 is 8.27. The fourth-order valence-electron chi connectivity index (χ4n) is 2.15. The van der Waals surface area contributed by atoms with Gasteiger partial charge in [0.2, 0.25) is 5.88 Å². The van der Waals surface area contributed by atoms with Crippen LogP contribution in [0.4, 0.5) is 5.69 Å². The molecule has 0 saturated carbocycles. The van der Waals surface area contributed by atoms with Gasteiger partial charge in [-0.05, 0) is 63.4 Å². The molecule has 0 spiro atoms. The monoisotopic (exact) mass is 625 g/mol. The smallest absolute Gasteiger partial charge is 0.302 e. The Labute approximate surface area is 178 Å². The molecule has 9 heteroatoms. The molecule has 0 aliphatic heterocycles. The number of fused-ring (bicyclic) bond motifs is 1. The predicted octanol–water partition coefficient (Wildman–Crippen LogP) is 5.53. The van der Waals surface area contributed by atoms with Gasteiger partial charge in [-0.1, -0.05) is 34.1 Å². The van der Waals surface area contributed by atoms with Crippen molar-refractivity contribution in [2.45, 2.75) is 0 Å². The molecule has 0 radical (unpaired) electrons. The minimum absolute atomic E-state index is 0.129. The first-order valence-corrected chi connectivity index (χ1v) is 9.92. The average Bonchev–Trinajstić information content (AvgIpc) is 2.87. The number of aromatic hydroxyl groups is 1. The molecule has 1 heterocycles. The molecule has 6 nitrogen and oxygen atoms in total. The summed E-state index contributed by atoms with van der Waals surface area (Å²) in [5.74, 6) is -0.0437. The van der Waals surface area contributed by atoms with E-state index in [2.05, 4.69) is 76.3 Å². The van der Waals surface area contributed by atoms with Gasteiger partial charge in [-0.15, -0.1) is 10.2 Å². The van der Waals surface area contributed by atoms with Crippen LogP contribution in [0.5, 0.6) is 11.6 Å². The van der Waals surface area contributed by atoms with E-state index in [0.717, 1.165) is 17.1 Å². The predicted molar refractivity (Wildman–Crippen MR) is 115 cm³/mol. The molecule has 0 aliphatic carbocycles. The van der Waals surface area contributed by atoms with E-state index in [4.69, 9.17) is 4.74 Å². The summed E-state index contributed by atoms with van der Waals surface area (Å²) in [6.45, 7) is -0.236. The van der Waals surface area contributed by atoms with Gasteiger partial charge in [0.25, 0.3) is 0 Å². The number of hydrogen-bond acceptors (Lipinski definition) is 4. The number of amides is 1. The van der Waals surface area contributed by atoms with Gasteiger partial charge in [0.15, 0.2) is 12.3 Å². The number of carbonyl (C=O) groups is 1. The van der Waals surface area contributed by atoms with Gasteiger partial charge in [0.1, 0.15) is 5.75 Å². The molecular formula is C16H10BrI2N3O3. The number of benzene rings is 2. The first-order valence-electron chi connectivity index (χ1n) is 6.97. The summed E-state index contributed by atoms with van der Waals surface area (Å²) in [6, 6.07) is 11.0. The molecule has 0 saturated heterocycles. The van der Waals surface area contributed by atoms with Crippen molar-refractivity contribution in [3.8, 4) is 11.6 Å². The van der Waals surface area contributed by atoms with Crippen molar-refractivity contribution in [3.05, 3.63) is 48.0 Å². The lowest BCUT2D eigenvalue weighted by Crippen LogP contribution is -2.09. The number of H-pyrrole nitrogens is 1. The summed E-state index contributed by atoms with van der Waals surface area (Å²) in [4.78, 5) is 14.7. The van der Waals surface area contributed by atoms with Crippen molar-refractivity contribution < 1.29 is 14.6 Å². The Morgan fingerprint density at radius 1 is 1.24 bits per heavy atom. The van der Waals surface area contributed by atoms with Gasteiger partial charge in [-0.3, -0.25) is 4.79 Å². The van der Waals surface area contributed by atoms with Crippen LogP contribution in [-0.4, -0.2) is 22.6 Å². The molecule has 1 amide bonds. The van der Waals surface area contributed by atoms with Gasteiger partial charge in [0.05, 0.1) is 12.7 Å². The summed E-state index contributed by atoms with van der Waals surface area (Å²) in [5, 5.41) is 18.1. The van der Waals surface area contributed by atoms with Crippen molar-refractivity contribution in [1.82, 2.24) is 4.98 Å². The van der Waals surface area contributed by atoms with Crippen LogP contribution in [0.25, 0.3) is 10.9 Å². The number of para-hydroxylation sites is 1. The van der Waals surface area contributed by atoms with Crippen LogP contribution in [0.1, 0.15) is 0 Å². The van der Waals surface area contributed by atoms with E-state index in [-0.39, 0.29) is 18.2 Å². The Morgan fingerprint density at radius 2 is 1.92 bits per heavy atom. The first kappa shape index (κ1) is 18.6. The molecule has 2 aromatic carbocycles. The lowest BCUT2D eigenvalue weighted by molar-refractivity contribution is -0.120. The molecule has 128 valence electrons. The van der Waals surface area contributed by atoms with Gasteiger partial charge in [-0.2, -0.15) is 0 Å². The highest BCUT2D eigenvalue weighted by molar-refractivity contribution is 14.1. The number of rotatable bonds is 4. The van der Waals surface area contributed by atoms with E-state index < -0.39 is 5.91 Å². The molecule has 3 rings (SSSR count). The number of aromatic amines is 1. The Bertz CT molecular complexity index is 965. The molecule has 2 N–H and O–H groups in total. The maximum Gasteiger partial charge on any atom is 0.302 e. The van der Waals surface area contributed by atoms with E-state index >= 15 is 0 Å². The molecule has 0 bridgehead atoms. The molecule has 0 aliphatic rings. The van der Waals surface area contributed by atoms with E-state index in [9.17, 15) is 9.90 Å². The zero-order valence-corrected chi connectivity index (χ0v) is 18.4. The fourth-order valence-corrected chi connectivity index (χ4v) is 5.54. The molecule has 1 aromatic heterocycles. The molecule has 3 aromatic rings. The Kier molecular flexibility index (Phi) is 5.94. The highest BCUT2D eigenvalue weighted by atomic mass is 127. The van der Waals surface area contributed by atoms with Gasteiger partial charge in [0, 0.05) is 9.86 Å². The van der Waals surface area contributed by atoms with Crippen LogP contribution in [-0.2, 0) is 4.79 Å². The molecule has 0 fully saturated rings. The summed E-state index contributed by atoms with van der Waals surface area (Å²) in [7, 11) is 0. The average molecular weight is 626 g/mol. The highest BCUT2D eigenvalue weighted by Gasteiger charge is 2.12. The third kappa shape index (κ3) is 4.31. The standard InChI is InChI=1S/C16H10BrI2N3O3/c17-8-5-10(18)15(11(19)6-8)25-7-13(23)21-22-14-9-3-1-2-4-12(9)20-16(14)24/h1-6,20,24H,7H2. The normalized spacial score (nSPS) is 11.3. The minimum atomic E-state index is -0.542. The van der Waals surface area contributed by atoms with E-state index in [0.29, 0.717) is 11.1 Å². The van der Waals surface area contributed by atoms with Crippen LogP contribution in [0.3, 0.4) is 0 Å². The lowest BCUT2D eigenvalue weighted by atomic mass is 10.2. The zero-order chi connectivity index (χ0) is 18.0. The van der Waals surface area contributed by atoms with Crippen LogP contribution in [0.15, 0.2) is 51.1 Å². The molecular weight excluding hydrogens is 616 g/mol. The van der Waals surface area contributed by atoms with E-state index in [1.54, 1.807) is 12.1 Å². The summed E-state index contributed by atoms with van der Waals surface area (Å²) >= 11 is 7.69. The Morgan fingerprint density at radius 3 is 2.64 bits per heavy atom. The molecule has 0 unspecified atom stereocenters. The fraction of sp³-hybridized carbons (Fsp3) is 0.0625. The maximum absolute atomic E-state index is 12.0. The van der Waals surface area contributed by atoms with Crippen molar-refractivity contribution in [2.24, 2.45) is 10.2 Å². The summed E-state index contributed by atoms with van der Waals surface area (Å²) in [6.07, 6.45) is 0. The van der Waals surface area contributed by atoms with E-state index in [1.165, 1.54) is 0 Å². The second-order valence-corrected chi connectivity index (χ2v) is 8.19. The second-order valence-electron chi connectivity index (χ2n) is 4.95. The minimum Gasteiger partial charge on any atom is -0.493 e. The number of nitrogens with one attached hydrogen (secondary N) is 1. The number of aromatic nitrogens is 1. The van der Waals surface area contributed by atoms with Crippen LogP contribution in [0.2, 0.25) is 0 Å². The largest absolute Gasteiger partial charge is 0.493 e. The maximum atomic E-state index is 12.0. The lowest BCUT2D eigenvalue weighted by Gasteiger charge is -2.08. The van der Waals surface area contributed by atoms with Crippen molar-refractivity contribution in [2.75, 3.05) is 6.61 Å². The second kappa shape index (κ2) is 7.99. The first-order chi connectivity index (χ1) is 12.0. The number of hydrogen-bond donors (Lipinski definition) is 2. The summed E-state index contributed by atoms with van der Waals surface area (Å²) in [5.41, 5.74) is 0.952. The van der Waals surface area contributed by atoms with E-state index in [1.807, 2.05) is 24.3 Å². The number of halogens is 3. The Balaban J connectivity index is 1.72.